The lowest BCUT2D eigenvalue weighted by Gasteiger charge is -2.28. The summed E-state index contributed by atoms with van der Waals surface area (Å²) in [6.07, 6.45) is 13.4. The van der Waals surface area contributed by atoms with Crippen molar-refractivity contribution in [3.05, 3.63) is 12.2 Å². The number of nitrogens with zero attached hydrogens (tertiary/aromatic N) is 1. The highest BCUT2D eigenvalue weighted by Gasteiger charge is 2.19. The third kappa shape index (κ3) is 20.9. The Morgan fingerprint density at radius 3 is 2.26 bits per heavy atom. The predicted octanol–water partition coefficient (Wildman–Crippen LogP) is 3.58. The fraction of sp³-hybridized carbons (Fsp3) is 0.864. The lowest BCUT2D eigenvalue weighted by molar-refractivity contribution is -0.870. The van der Waals surface area contributed by atoms with Gasteiger partial charge in [0.1, 0.15) is 19.3 Å². The van der Waals surface area contributed by atoms with E-state index in [1.807, 2.05) is 21.1 Å². The van der Waals surface area contributed by atoms with Crippen LogP contribution >= 0.6 is 7.82 Å². The standard InChI is InChI=1S/C22H44NO7P/c1-5-6-7-8-9-10-11-12-13-14-15-16-22(25)30-21(19-24)20-29-31(26,27)28-18-17-23(2,3)4/h8-9,21,24H,5-7,10-20H2,1-4H3/b9-8-/t21-/m0/s1. The monoisotopic (exact) mass is 465 g/mol. The molecule has 9 heteroatoms. The lowest BCUT2D eigenvalue weighted by Crippen LogP contribution is -2.37. The van der Waals surface area contributed by atoms with Crippen LogP contribution < -0.4 is 4.89 Å². The summed E-state index contributed by atoms with van der Waals surface area (Å²) in [5, 5.41) is 9.32. The van der Waals surface area contributed by atoms with Crippen molar-refractivity contribution in [2.45, 2.75) is 77.2 Å². The van der Waals surface area contributed by atoms with E-state index < -0.39 is 33.1 Å². The quantitative estimate of drug-likeness (QED) is 0.0963. The molecule has 31 heavy (non-hydrogen) atoms. The van der Waals surface area contributed by atoms with E-state index in [2.05, 4.69) is 19.1 Å². The van der Waals surface area contributed by atoms with Crippen LogP contribution in [0.4, 0.5) is 0 Å². The molecule has 0 aromatic carbocycles. The number of hydrogen-bond acceptors (Lipinski definition) is 7. The number of carbonyl (C=O) groups excluding carboxylic acids is 1. The number of phosphoric acid groups is 1. The van der Waals surface area contributed by atoms with Crippen LogP contribution in [0.5, 0.6) is 0 Å². The van der Waals surface area contributed by atoms with Crippen molar-refractivity contribution < 1.29 is 37.6 Å². The van der Waals surface area contributed by atoms with E-state index >= 15 is 0 Å². The first-order valence-electron chi connectivity index (χ1n) is 11.5. The molecular formula is C22H44NO7P. The Labute approximate surface area is 188 Å². The van der Waals surface area contributed by atoms with Crippen LogP contribution in [0.3, 0.4) is 0 Å². The second-order valence-corrected chi connectivity index (χ2v) is 10.2. The molecule has 0 aromatic heterocycles. The van der Waals surface area contributed by atoms with E-state index in [1.54, 1.807) is 0 Å². The van der Waals surface area contributed by atoms with E-state index in [0.717, 1.165) is 38.5 Å². The minimum atomic E-state index is -4.50. The summed E-state index contributed by atoms with van der Waals surface area (Å²) in [6, 6.07) is 0. The molecule has 184 valence electrons. The Hall–Kier alpha value is -0.760. The molecule has 0 aliphatic heterocycles. The molecule has 0 saturated heterocycles. The summed E-state index contributed by atoms with van der Waals surface area (Å²) in [4.78, 5) is 23.7. The molecule has 0 radical (unpaired) electrons. The van der Waals surface area contributed by atoms with Gasteiger partial charge >= 0.3 is 5.97 Å². The first-order chi connectivity index (χ1) is 14.6. The van der Waals surface area contributed by atoms with Gasteiger partial charge in [-0.3, -0.25) is 9.36 Å². The maximum atomic E-state index is 11.9. The van der Waals surface area contributed by atoms with E-state index in [1.165, 1.54) is 12.8 Å². The summed E-state index contributed by atoms with van der Waals surface area (Å²) >= 11 is 0. The SMILES string of the molecule is CCCC/C=C\CCCCCCCC(=O)O[C@@H](CO)COP(=O)([O-])OCC[N+](C)(C)C. The highest BCUT2D eigenvalue weighted by molar-refractivity contribution is 7.45. The molecule has 0 rings (SSSR count). The molecule has 1 N–H and O–H groups in total. The summed E-state index contributed by atoms with van der Waals surface area (Å²) < 4.78 is 26.9. The van der Waals surface area contributed by atoms with Crippen LogP contribution in [-0.4, -0.2) is 69.2 Å². The average molecular weight is 466 g/mol. The minimum Gasteiger partial charge on any atom is -0.756 e. The second kappa shape index (κ2) is 17.8. The van der Waals surface area contributed by atoms with Gasteiger partial charge in [0, 0.05) is 6.42 Å². The van der Waals surface area contributed by atoms with Crippen molar-refractivity contribution >= 4 is 13.8 Å². The number of esters is 1. The molecule has 0 heterocycles. The van der Waals surface area contributed by atoms with Crippen LogP contribution in [0.2, 0.25) is 0 Å². The van der Waals surface area contributed by atoms with Gasteiger partial charge in [-0.25, -0.2) is 0 Å². The van der Waals surface area contributed by atoms with Crippen molar-refractivity contribution in [3.63, 3.8) is 0 Å². The molecule has 0 aliphatic carbocycles. The summed E-state index contributed by atoms with van der Waals surface area (Å²) in [5.74, 6) is -0.465. The van der Waals surface area contributed by atoms with Crippen molar-refractivity contribution in [1.82, 2.24) is 0 Å². The topological polar surface area (TPSA) is 105 Å². The maximum absolute atomic E-state index is 11.9. The number of aliphatic hydroxyl groups is 1. The minimum absolute atomic E-state index is 0.0109. The van der Waals surface area contributed by atoms with Crippen molar-refractivity contribution in [3.8, 4) is 0 Å². The van der Waals surface area contributed by atoms with Crippen LogP contribution in [0.15, 0.2) is 12.2 Å². The zero-order valence-electron chi connectivity index (χ0n) is 19.9. The summed E-state index contributed by atoms with van der Waals surface area (Å²) in [6.45, 7) is 1.69. The zero-order valence-corrected chi connectivity index (χ0v) is 20.8. The van der Waals surface area contributed by atoms with Gasteiger partial charge in [0.25, 0.3) is 7.82 Å². The number of carbonyl (C=O) groups is 1. The van der Waals surface area contributed by atoms with Gasteiger partial charge in [0.15, 0.2) is 0 Å². The fourth-order valence-corrected chi connectivity index (χ4v) is 3.36. The first-order valence-corrected chi connectivity index (χ1v) is 12.9. The highest BCUT2D eigenvalue weighted by Crippen LogP contribution is 2.38. The van der Waals surface area contributed by atoms with E-state index in [-0.39, 0.29) is 13.0 Å². The van der Waals surface area contributed by atoms with Crippen molar-refractivity contribution in [1.29, 1.82) is 0 Å². The Bertz CT molecular complexity index is 534. The van der Waals surface area contributed by atoms with Gasteiger partial charge in [0.05, 0.1) is 34.4 Å². The normalized spacial score (nSPS) is 15.2. The van der Waals surface area contributed by atoms with Crippen LogP contribution in [-0.2, 0) is 23.1 Å². The molecule has 0 spiro atoms. The van der Waals surface area contributed by atoms with Gasteiger partial charge < -0.3 is 28.3 Å². The highest BCUT2D eigenvalue weighted by atomic mass is 31.2. The van der Waals surface area contributed by atoms with E-state index in [0.29, 0.717) is 17.4 Å². The number of ether oxygens (including phenoxy) is 1. The second-order valence-electron chi connectivity index (χ2n) is 8.80. The number of hydrogen-bond donors (Lipinski definition) is 1. The molecule has 0 aromatic rings. The number of allylic oxidation sites excluding steroid dienone is 2. The van der Waals surface area contributed by atoms with Crippen molar-refractivity contribution in [2.75, 3.05) is 47.5 Å². The Morgan fingerprint density at radius 1 is 1.03 bits per heavy atom. The molecule has 0 saturated carbocycles. The van der Waals surface area contributed by atoms with E-state index in [4.69, 9.17) is 13.8 Å². The van der Waals surface area contributed by atoms with Crippen molar-refractivity contribution in [2.24, 2.45) is 0 Å². The van der Waals surface area contributed by atoms with Crippen LogP contribution in [0.25, 0.3) is 0 Å². The maximum Gasteiger partial charge on any atom is 0.306 e. The largest absolute Gasteiger partial charge is 0.756 e. The number of unbranched alkanes of at least 4 members (excludes halogenated alkanes) is 7. The van der Waals surface area contributed by atoms with Gasteiger partial charge in [-0.15, -0.1) is 0 Å². The summed E-state index contributed by atoms with van der Waals surface area (Å²) in [7, 11) is 1.23. The molecule has 0 fully saturated rings. The zero-order chi connectivity index (χ0) is 23.6. The Balaban J connectivity index is 3.87. The van der Waals surface area contributed by atoms with Crippen LogP contribution in [0, 0.1) is 0 Å². The third-order valence-corrected chi connectivity index (χ3v) is 5.54. The van der Waals surface area contributed by atoms with Gasteiger partial charge in [-0.05, 0) is 25.7 Å². The number of likely N-dealkylation sites (N-methyl/N-ethyl adjacent to an activating group) is 1. The number of rotatable bonds is 20. The molecular weight excluding hydrogens is 421 g/mol. The molecule has 0 amide bonds. The number of aliphatic hydroxyl groups excluding tert-OH is 1. The Morgan fingerprint density at radius 2 is 1.65 bits per heavy atom. The molecule has 0 aliphatic rings. The first kappa shape index (κ1) is 30.2. The van der Waals surface area contributed by atoms with Gasteiger partial charge in [-0.2, -0.15) is 0 Å². The third-order valence-electron chi connectivity index (χ3n) is 4.57. The molecule has 0 bridgehead atoms. The fourth-order valence-electron chi connectivity index (χ4n) is 2.63. The molecule has 8 nitrogen and oxygen atoms in total. The number of phosphoric ester groups is 1. The average Bonchev–Trinajstić information content (AvgIpc) is 2.68. The molecule has 2 atom stereocenters. The smallest absolute Gasteiger partial charge is 0.306 e. The summed E-state index contributed by atoms with van der Waals surface area (Å²) in [5.41, 5.74) is 0. The molecule has 1 unspecified atom stereocenters. The van der Waals surface area contributed by atoms with E-state index in [9.17, 15) is 19.4 Å². The van der Waals surface area contributed by atoms with Crippen LogP contribution in [0.1, 0.15) is 71.1 Å². The number of quaternary nitrogens is 1. The van der Waals surface area contributed by atoms with Gasteiger partial charge in [-0.1, -0.05) is 51.2 Å². The lowest BCUT2D eigenvalue weighted by atomic mass is 10.1. The van der Waals surface area contributed by atoms with Gasteiger partial charge in [0.2, 0.25) is 0 Å². The predicted molar refractivity (Wildman–Crippen MR) is 120 cm³/mol. The Kier molecular flexibility index (Phi) is 17.3.